The van der Waals surface area contributed by atoms with Crippen molar-refractivity contribution >= 4 is 23.6 Å². The first-order chi connectivity index (χ1) is 16.8. The normalized spacial score (nSPS) is 13.8. The predicted octanol–water partition coefficient (Wildman–Crippen LogP) is 5.09. The second-order valence-electron chi connectivity index (χ2n) is 10.2. The standard InChI is InChI=1S/C28H39N3O5/c1-9-17(2)22(30-27(35)36-28(5,6)7)26(34)31(8)23(20-15-12-14-19(4)24(20)32)25(33)29-21-16-11-10-13-18(21)3/h10-17,22-23,32H,9H2,1-8H3,(H,29,33)(H,30,35). The fourth-order valence-corrected chi connectivity index (χ4v) is 3.81. The van der Waals surface area contributed by atoms with Crippen molar-refractivity contribution in [3.8, 4) is 5.75 Å². The van der Waals surface area contributed by atoms with Gasteiger partial charge in [-0.2, -0.15) is 0 Å². The van der Waals surface area contributed by atoms with E-state index < -0.39 is 35.6 Å². The highest BCUT2D eigenvalue weighted by atomic mass is 16.6. The number of rotatable bonds is 8. The monoisotopic (exact) mass is 497 g/mol. The van der Waals surface area contributed by atoms with Gasteiger partial charge in [0.1, 0.15) is 23.4 Å². The Bertz CT molecular complexity index is 1090. The molecule has 0 heterocycles. The van der Waals surface area contributed by atoms with Crippen molar-refractivity contribution in [2.45, 2.75) is 72.6 Å². The van der Waals surface area contributed by atoms with Crippen LogP contribution in [0.4, 0.5) is 10.5 Å². The van der Waals surface area contributed by atoms with Crippen molar-refractivity contribution < 1.29 is 24.2 Å². The molecule has 2 aromatic carbocycles. The van der Waals surface area contributed by atoms with Crippen LogP contribution in [0.15, 0.2) is 42.5 Å². The molecule has 0 saturated heterocycles. The van der Waals surface area contributed by atoms with Gasteiger partial charge in [-0.15, -0.1) is 0 Å². The number of aromatic hydroxyl groups is 1. The third kappa shape index (κ3) is 7.23. The van der Waals surface area contributed by atoms with Gasteiger partial charge in [-0.1, -0.05) is 56.7 Å². The Hall–Kier alpha value is -3.55. The van der Waals surface area contributed by atoms with Crippen LogP contribution in [0.2, 0.25) is 0 Å². The minimum absolute atomic E-state index is 0.0673. The van der Waals surface area contributed by atoms with Crippen LogP contribution in [-0.2, 0) is 14.3 Å². The number of benzene rings is 2. The molecule has 2 aromatic rings. The Balaban J connectivity index is 2.47. The first kappa shape index (κ1) is 28.7. The van der Waals surface area contributed by atoms with Gasteiger partial charge >= 0.3 is 6.09 Å². The number of anilines is 1. The van der Waals surface area contributed by atoms with Gasteiger partial charge in [0.05, 0.1) is 0 Å². The summed E-state index contributed by atoms with van der Waals surface area (Å²) in [5.41, 5.74) is 1.59. The molecule has 0 aliphatic rings. The molecule has 8 nitrogen and oxygen atoms in total. The van der Waals surface area contributed by atoms with E-state index in [0.717, 1.165) is 5.56 Å². The number of carbonyl (C=O) groups is 3. The molecule has 0 saturated carbocycles. The highest BCUT2D eigenvalue weighted by Gasteiger charge is 2.37. The van der Waals surface area contributed by atoms with Gasteiger partial charge < -0.3 is 25.4 Å². The van der Waals surface area contributed by atoms with E-state index in [4.69, 9.17) is 4.74 Å². The highest BCUT2D eigenvalue weighted by molar-refractivity contribution is 5.99. The molecule has 0 spiro atoms. The Kier molecular flexibility index (Phi) is 9.50. The number of nitrogens with one attached hydrogen (secondary N) is 2. The molecule has 2 rings (SSSR count). The number of ether oxygens (including phenoxy) is 1. The van der Waals surface area contributed by atoms with E-state index in [1.165, 1.54) is 11.9 Å². The van der Waals surface area contributed by atoms with Crippen molar-refractivity contribution in [2.24, 2.45) is 5.92 Å². The molecule has 0 bridgehead atoms. The molecule has 3 amide bonds. The fourth-order valence-electron chi connectivity index (χ4n) is 3.81. The topological polar surface area (TPSA) is 108 Å². The lowest BCUT2D eigenvalue weighted by molar-refractivity contribution is -0.140. The summed E-state index contributed by atoms with van der Waals surface area (Å²) in [5.74, 6) is -1.26. The second kappa shape index (κ2) is 11.9. The van der Waals surface area contributed by atoms with E-state index in [9.17, 15) is 19.5 Å². The second-order valence-corrected chi connectivity index (χ2v) is 10.2. The fraction of sp³-hybridized carbons (Fsp3) is 0.464. The number of aryl methyl sites for hydroxylation is 2. The van der Waals surface area contributed by atoms with Gasteiger partial charge in [-0.3, -0.25) is 9.59 Å². The molecule has 0 aliphatic heterocycles. The number of alkyl carbamates (subject to hydrolysis) is 1. The number of carbonyl (C=O) groups excluding carboxylic acids is 3. The molecule has 36 heavy (non-hydrogen) atoms. The Morgan fingerprint density at radius 3 is 2.22 bits per heavy atom. The number of phenolic OH excluding ortho intramolecular Hbond substituents is 1. The zero-order valence-corrected chi connectivity index (χ0v) is 22.5. The van der Waals surface area contributed by atoms with Crippen LogP contribution in [0.1, 0.15) is 63.8 Å². The molecule has 3 atom stereocenters. The largest absolute Gasteiger partial charge is 0.507 e. The average molecular weight is 498 g/mol. The first-order valence-electron chi connectivity index (χ1n) is 12.2. The summed E-state index contributed by atoms with van der Waals surface area (Å²) in [6, 6.07) is 10.3. The SMILES string of the molecule is CCC(C)C(NC(=O)OC(C)(C)C)C(=O)N(C)C(C(=O)Nc1ccccc1C)c1cccc(C)c1O. The quantitative estimate of drug-likeness (QED) is 0.471. The third-order valence-electron chi connectivity index (χ3n) is 6.10. The van der Waals surface area contributed by atoms with Crippen LogP contribution in [0.25, 0.3) is 0 Å². The summed E-state index contributed by atoms with van der Waals surface area (Å²) in [6.07, 6.45) is -0.107. The summed E-state index contributed by atoms with van der Waals surface area (Å²) in [5, 5.41) is 16.4. The summed E-state index contributed by atoms with van der Waals surface area (Å²) >= 11 is 0. The van der Waals surface area contributed by atoms with E-state index in [1.54, 1.807) is 58.0 Å². The van der Waals surface area contributed by atoms with Crippen LogP contribution in [0, 0.1) is 19.8 Å². The number of likely N-dealkylation sites (N-methyl/N-ethyl adjacent to an activating group) is 1. The Morgan fingerprint density at radius 1 is 1.03 bits per heavy atom. The Morgan fingerprint density at radius 2 is 1.64 bits per heavy atom. The van der Waals surface area contributed by atoms with Crippen molar-refractivity contribution in [2.75, 3.05) is 12.4 Å². The highest BCUT2D eigenvalue weighted by Crippen LogP contribution is 2.33. The molecule has 8 heteroatoms. The maximum atomic E-state index is 13.8. The minimum Gasteiger partial charge on any atom is -0.507 e. The number of hydrogen-bond acceptors (Lipinski definition) is 5. The summed E-state index contributed by atoms with van der Waals surface area (Å²) in [7, 11) is 1.50. The number of phenols is 1. The van der Waals surface area contributed by atoms with Crippen molar-refractivity contribution in [1.29, 1.82) is 0 Å². The molecule has 3 N–H and O–H groups in total. The van der Waals surface area contributed by atoms with Gasteiger partial charge in [0, 0.05) is 18.3 Å². The number of hydrogen-bond donors (Lipinski definition) is 3. The zero-order chi connectivity index (χ0) is 27.2. The number of nitrogens with zero attached hydrogens (tertiary/aromatic N) is 1. The number of para-hydroxylation sites is 2. The predicted molar refractivity (Wildman–Crippen MR) is 141 cm³/mol. The van der Waals surface area contributed by atoms with Gasteiger partial charge in [0.2, 0.25) is 5.91 Å². The van der Waals surface area contributed by atoms with Crippen molar-refractivity contribution in [3.63, 3.8) is 0 Å². The zero-order valence-electron chi connectivity index (χ0n) is 22.5. The van der Waals surface area contributed by atoms with Crippen molar-refractivity contribution in [1.82, 2.24) is 10.2 Å². The van der Waals surface area contributed by atoms with E-state index in [2.05, 4.69) is 10.6 Å². The minimum atomic E-state index is -1.15. The molecule has 0 fully saturated rings. The van der Waals surface area contributed by atoms with Crippen LogP contribution in [-0.4, -0.2) is 46.6 Å². The average Bonchev–Trinajstić information content (AvgIpc) is 2.79. The third-order valence-corrected chi connectivity index (χ3v) is 6.10. The van der Waals surface area contributed by atoms with E-state index in [0.29, 0.717) is 17.7 Å². The number of amides is 3. The van der Waals surface area contributed by atoms with Crippen LogP contribution in [0.5, 0.6) is 5.75 Å². The lowest BCUT2D eigenvalue weighted by atomic mass is 9.95. The summed E-state index contributed by atoms with van der Waals surface area (Å²) in [6.45, 7) is 12.6. The van der Waals surface area contributed by atoms with Gasteiger partial charge in [0.25, 0.3) is 5.91 Å². The lowest BCUT2D eigenvalue weighted by Gasteiger charge is -2.34. The Labute approximate surface area is 214 Å². The van der Waals surface area contributed by atoms with Crippen molar-refractivity contribution in [3.05, 3.63) is 59.2 Å². The molecule has 0 aliphatic carbocycles. The molecular formula is C28H39N3O5. The maximum Gasteiger partial charge on any atom is 0.408 e. The van der Waals surface area contributed by atoms with E-state index in [-0.39, 0.29) is 17.2 Å². The first-order valence-corrected chi connectivity index (χ1v) is 12.2. The van der Waals surface area contributed by atoms with E-state index >= 15 is 0 Å². The molecule has 196 valence electrons. The van der Waals surface area contributed by atoms with Crippen LogP contribution >= 0.6 is 0 Å². The van der Waals surface area contributed by atoms with Gasteiger partial charge in [-0.05, 0) is 57.7 Å². The maximum absolute atomic E-state index is 13.8. The smallest absolute Gasteiger partial charge is 0.408 e. The molecule has 0 radical (unpaired) electrons. The summed E-state index contributed by atoms with van der Waals surface area (Å²) < 4.78 is 5.37. The van der Waals surface area contributed by atoms with E-state index in [1.807, 2.05) is 32.9 Å². The van der Waals surface area contributed by atoms with Gasteiger partial charge in [-0.25, -0.2) is 4.79 Å². The molecular weight excluding hydrogens is 458 g/mol. The molecule has 0 aromatic heterocycles. The van der Waals surface area contributed by atoms with Gasteiger partial charge in [0.15, 0.2) is 0 Å². The van der Waals surface area contributed by atoms with Crippen LogP contribution in [0.3, 0.4) is 0 Å². The summed E-state index contributed by atoms with van der Waals surface area (Å²) in [4.78, 5) is 41.2. The van der Waals surface area contributed by atoms with Crippen LogP contribution < -0.4 is 10.6 Å². The molecule has 3 unspecified atom stereocenters. The lowest BCUT2D eigenvalue weighted by Crippen LogP contribution is -2.53.